The van der Waals surface area contributed by atoms with Crippen molar-refractivity contribution < 1.29 is 9.53 Å². The lowest BCUT2D eigenvalue weighted by atomic mass is 10.0. The summed E-state index contributed by atoms with van der Waals surface area (Å²) in [5.41, 5.74) is 3.59. The van der Waals surface area contributed by atoms with E-state index < -0.39 is 0 Å². The molecule has 0 heterocycles. The van der Waals surface area contributed by atoms with Gasteiger partial charge >= 0.3 is 0 Å². The van der Waals surface area contributed by atoms with E-state index in [1.165, 1.54) is 11.1 Å². The van der Waals surface area contributed by atoms with Gasteiger partial charge in [0.05, 0.1) is 6.10 Å². The van der Waals surface area contributed by atoms with Crippen molar-refractivity contribution in [2.75, 3.05) is 7.11 Å². The molecule has 0 aromatic rings. The Hall–Kier alpha value is -1.15. The fourth-order valence-corrected chi connectivity index (χ4v) is 2.16. The molecule has 0 aliphatic heterocycles. The third-order valence-electron chi connectivity index (χ3n) is 3.33. The molecular formula is C16H24O2. The summed E-state index contributed by atoms with van der Waals surface area (Å²) >= 11 is 0. The van der Waals surface area contributed by atoms with Crippen LogP contribution in [0.5, 0.6) is 0 Å². The Morgan fingerprint density at radius 3 is 2.50 bits per heavy atom. The molecule has 1 atom stereocenters. The number of ether oxygens (including phenoxy) is 1. The van der Waals surface area contributed by atoms with Crippen LogP contribution in [-0.2, 0) is 9.53 Å². The average molecular weight is 248 g/mol. The van der Waals surface area contributed by atoms with Gasteiger partial charge in [0.25, 0.3) is 0 Å². The molecule has 0 amide bonds. The fraction of sp³-hybridized carbons (Fsp3) is 0.562. The minimum Gasteiger partial charge on any atom is -0.377 e. The molecule has 2 nitrogen and oxygen atoms in total. The summed E-state index contributed by atoms with van der Waals surface area (Å²) in [6, 6.07) is 0. The second-order valence-electron chi connectivity index (χ2n) is 5.02. The van der Waals surface area contributed by atoms with Crippen molar-refractivity contribution in [3.05, 3.63) is 34.9 Å². The van der Waals surface area contributed by atoms with E-state index in [0.29, 0.717) is 0 Å². The lowest BCUT2D eigenvalue weighted by molar-refractivity contribution is -0.105. The molecule has 0 unspecified atom stereocenters. The molecule has 0 saturated heterocycles. The minimum atomic E-state index is 0.0194. The van der Waals surface area contributed by atoms with E-state index in [-0.39, 0.29) is 6.10 Å². The summed E-state index contributed by atoms with van der Waals surface area (Å²) in [7, 11) is 1.70. The van der Waals surface area contributed by atoms with Crippen molar-refractivity contribution >= 4 is 6.29 Å². The normalized spacial score (nSPS) is 31.7. The standard InChI is InChI=1S/C16H24O2/c1-13-6-4-8-14(2)10-16(18-3)11-15(12-17)9-5-7-13/h7-8,11-12,16H,4-6,9-10H2,1-3H3/b13-7+,14-8+,15-11+/t16-/m1/s1. The van der Waals surface area contributed by atoms with E-state index >= 15 is 0 Å². The highest BCUT2D eigenvalue weighted by Crippen LogP contribution is 2.17. The molecule has 0 aromatic heterocycles. The summed E-state index contributed by atoms with van der Waals surface area (Å²) in [6.07, 6.45) is 12.3. The predicted molar refractivity (Wildman–Crippen MR) is 75.5 cm³/mol. The van der Waals surface area contributed by atoms with Crippen LogP contribution in [0.4, 0.5) is 0 Å². The van der Waals surface area contributed by atoms with E-state index in [0.717, 1.165) is 44.0 Å². The fourth-order valence-electron chi connectivity index (χ4n) is 2.16. The van der Waals surface area contributed by atoms with Crippen molar-refractivity contribution in [2.45, 2.75) is 52.1 Å². The minimum absolute atomic E-state index is 0.0194. The van der Waals surface area contributed by atoms with E-state index in [1.54, 1.807) is 7.11 Å². The van der Waals surface area contributed by atoms with Crippen LogP contribution in [-0.4, -0.2) is 19.5 Å². The monoisotopic (exact) mass is 248 g/mol. The topological polar surface area (TPSA) is 26.3 Å². The number of rotatable bonds is 2. The summed E-state index contributed by atoms with van der Waals surface area (Å²) in [5, 5.41) is 0. The van der Waals surface area contributed by atoms with Crippen LogP contribution >= 0.6 is 0 Å². The molecule has 0 saturated carbocycles. The van der Waals surface area contributed by atoms with Crippen molar-refractivity contribution in [3.8, 4) is 0 Å². The highest BCUT2D eigenvalue weighted by molar-refractivity contribution is 5.73. The summed E-state index contributed by atoms with van der Waals surface area (Å²) in [6.45, 7) is 4.29. The van der Waals surface area contributed by atoms with Crippen LogP contribution in [0, 0.1) is 0 Å². The van der Waals surface area contributed by atoms with Gasteiger partial charge in [-0.05, 0) is 57.6 Å². The number of methoxy groups -OCH3 is 1. The number of aldehydes is 1. The van der Waals surface area contributed by atoms with E-state index in [1.807, 2.05) is 6.08 Å². The van der Waals surface area contributed by atoms with Crippen molar-refractivity contribution in [1.82, 2.24) is 0 Å². The van der Waals surface area contributed by atoms with Crippen molar-refractivity contribution in [3.63, 3.8) is 0 Å². The van der Waals surface area contributed by atoms with Crippen LogP contribution in [0.15, 0.2) is 34.9 Å². The molecule has 0 aromatic carbocycles. The zero-order chi connectivity index (χ0) is 13.4. The zero-order valence-electron chi connectivity index (χ0n) is 11.7. The van der Waals surface area contributed by atoms with E-state index in [2.05, 4.69) is 26.0 Å². The zero-order valence-corrected chi connectivity index (χ0v) is 11.7. The van der Waals surface area contributed by atoms with E-state index in [4.69, 9.17) is 4.74 Å². The molecule has 0 bridgehead atoms. The van der Waals surface area contributed by atoms with Gasteiger partial charge in [-0.1, -0.05) is 23.3 Å². The predicted octanol–water partition coefficient (Wildman–Crippen LogP) is 3.98. The molecule has 1 aliphatic carbocycles. The Morgan fingerprint density at radius 2 is 1.83 bits per heavy atom. The molecule has 0 N–H and O–H groups in total. The lowest BCUT2D eigenvalue weighted by Gasteiger charge is -2.13. The van der Waals surface area contributed by atoms with Gasteiger partial charge in [0.15, 0.2) is 0 Å². The first kappa shape index (κ1) is 14.9. The summed E-state index contributed by atoms with van der Waals surface area (Å²) in [4.78, 5) is 11.0. The largest absolute Gasteiger partial charge is 0.377 e. The molecule has 1 aliphatic rings. The number of carbonyl (C=O) groups is 1. The van der Waals surface area contributed by atoms with Gasteiger partial charge in [0, 0.05) is 7.11 Å². The second kappa shape index (κ2) is 8.04. The number of hydrogen-bond donors (Lipinski definition) is 0. The molecule has 0 radical (unpaired) electrons. The Balaban J connectivity index is 2.87. The van der Waals surface area contributed by atoms with Crippen LogP contribution in [0.2, 0.25) is 0 Å². The maximum absolute atomic E-state index is 11.0. The third kappa shape index (κ3) is 5.46. The van der Waals surface area contributed by atoms with Crippen LogP contribution in [0.3, 0.4) is 0 Å². The maximum Gasteiger partial charge on any atom is 0.145 e. The van der Waals surface area contributed by atoms with Gasteiger partial charge < -0.3 is 4.74 Å². The second-order valence-corrected chi connectivity index (χ2v) is 5.02. The van der Waals surface area contributed by atoms with Gasteiger partial charge in [0.1, 0.15) is 6.29 Å². The third-order valence-corrected chi connectivity index (χ3v) is 3.33. The molecule has 1 rings (SSSR count). The van der Waals surface area contributed by atoms with Gasteiger partial charge in [-0.3, -0.25) is 4.79 Å². The highest BCUT2D eigenvalue weighted by atomic mass is 16.5. The molecule has 100 valence electrons. The molecular weight excluding hydrogens is 224 g/mol. The first-order chi connectivity index (χ1) is 8.65. The molecule has 0 spiro atoms. The van der Waals surface area contributed by atoms with Crippen molar-refractivity contribution in [1.29, 1.82) is 0 Å². The molecule has 2 heteroatoms. The van der Waals surface area contributed by atoms with Crippen LogP contribution in [0.25, 0.3) is 0 Å². The van der Waals surface area contributed by atoms with E-state index in [9.17, 15) is 4.79 Å². The summed E-state index contributed by atoms with van der Waals surface area (Å²) in [5.74, 6) is 0. The number of carbonyl (C=O) groups excluding carboxylic acids is 1. The highest BCUT2D eigenvalue weighted by Gasteiger charge is 2.07. The molecule has 0 fully saturated rings. The Labute approximate surface area is 110 Å². The Kier molecular flexibility index (Phi) is 6.66. The van der Waals surface area contributed by atoms with Crippen molar-refractivity contribution in [2.24, 2.45) is 0 Å². The lowest BCUT2D eigenvalue weighted by Crippen LogP contribution is -2.09. The van der Waals surface area contributed by atoms with Gasteiger partial charge in [0.2, 0.25) is 0 Å². The van der Waals surface area contributed by atoms with Crippen LogP contribution < -0.4 is 0 Å². The Bertz CT molecular complexity index is 361. The first-order valence-electron chi connectivity index (χ1n) is 6.65. The molecule has 18 heavy (non-hydrogen) atoms. The van der Waals surface area contributed by atoms with Crippen LogP contribution in [0.1, 0.15) is 46.0 Å². The number of hydrogen-bond acceptors (Lipinski definition) is 2. The van der Waals surface area contributed by atoms with Gasteiger partial charge in [-0.2, -0.15) is 0 Å². The SMILES string of the molecule is CO[C@H]1/C=C(/C=O)CC/C=C(\C)CC/C=C(\C)C1. The maximum atomic E-state index is 11.0. The van der Waals surface area contributed by atoms with Gasteiger partial charge in [-0.15, -0.1) is 0 Å². The summed E-state index contributed by atoms with van der Waals surface area (Å²) < 4.78 is 5.43. The smallest absolute Gasteiger partial charge is 0.145 e. The first-order valence-corrected chi connectivity index (χ1v) is 6.65. The quantitative estimate of drug-likeness (QED) is 0.545. The number of allylic oxidation sites excluding steroid dienone is 4. The Morgan fingerprint density at radius 1 is 1.17 bits per heavy atom. The average Bonchev–Trinajstić information content (AvgIpc) is 2.34. The van der Waals surface area contributed by atoms with Gasteiger partial charge in [-0.25, -0.2) is 0 Å².